The van der Waals surface area contributed by atoms with Gasteiger partial charge >= 0.3 is 0 Å². The molecule has 1 aromatic carbocycles. The molecule has 1 unspecified atom stereocenters. The molecule has 0 N–H and O–H groups in total. The summed E-state index contributed by atoms with van der Waals surface area (Å²) in [6.07, 6.45) is 8.22. The van der Waals surface area contributed by atoms with Crippen LogP contribution >= 0.6 is 0 Å². The molecular formula is C14H17. The van der Waals surface area contributed by atoms with E-state index in [1.54, 1.807) is 0 Å². The fraction of sp³-hybridized carbons (Fsp3) is 0.429. The maximum atomic E-state index is 7.27. The highest BCUT2D eigenvalue weighted by molar-refractivity contribution is 5.42. The Hall–Kier alpha value is -1.22. The number of aryl methyl sites for hydroxylation is 1. The van der Waals surface area contributed by atoms with Crippen molar-refractivity contribution in [3.63, 3.8) is 0 Å². The predicted octanol–water partition coefficient (Wildman–Crippen LogP) is 3.70. The number of rotatable bonds is 2. The van der Waals surface area contributed by atoms with Crippen LogP contribution in [0.25, 0.3) is 0 Å². The van der Waals surface area contributed by atoms with Crippen LogP contribution in [0.2, 0.25) is 0 Å². The Morgan fingerprint density at radius 1 is 1.21 bits per heavy atom. The monoisotopic (exact) mass is 185 g/mol. The van der Waals surface area contributed by atoms with E-state index in [2.05, 4.69) is 45.7 Å². The summed E-state index contributed by atoms with van der Waals surface area (Å²) in [7, 11) is 0. The molecule has 0 saturated carbocycles. The first-order valence-electron chi connectivity index (χ1n) is 5.10. The highest BCUT2D eigenvalue weighted by Gasteiger charge is 2.10. The second-order valence-corrected chi connectivity index (χ2v) is 3.83. The Morgan fingerprint density at radius 3 is 2.36 bits per heavy atom. The van der Waals surface area contributed by atoms with Gasteiger partial charge in [-0.05, 0) is 55.9 Å². The van der Waals surface area contributed by atoms with Gasteiger partial charge in [0.1, 0.15) is 0 Å². The van der Waals surface area contributed by atoms with Gasteiger partial charge in [-0.15, -0.1) is 0 Å². The van der Waals surface area contributed by atoms with Crippen molar-refractivity contribution in [1.29, 1.82) is 0 Å². The Morgan fingerprint density at radius 2 is 1.86 bits per heavy atom. The summed E-state index contributed by atoms with van der Waals surface area (Å²) in [6, 6.07) is 4.27. The molecular weight excluding hydrogens is 168 g/mol. The van der Waals surface area contributed by atoms with Gasteiger partial charge < -0.3 is 0 Å². The van der Waals surface area contributed by atoms with Crippen LogP contribution in [0.4, 0.5) is 0 Å². The third-order valence-corrected chi connectivity index (χ3v) is 3.06. The lowest BCUT2D eigenvalue weighted by molar-refractivity contribution is 0.819. The molecule has 0 aliphatic rings. The second-order valence-electron chi connectivity index (χ2n) is 3.83. The van der Waals surface area contributed by atoms with E-state index in [1.165, 1.54) is 22.3 Å². The van der Waals surface area contributed by atoms with Crippen LogP contribution in [-0.4, -0.2) is 0 Å². The number of benzene rings is 1. The highest BCUT2D eigenvalue weighted by atomic mass is 14.1. The van der Waals surface area contributed by atoms with Gasteiger partial charge in [0.2, 0.25) is 0 Å². The third kappa shape index (κ3) is 1.82. The predicted molar refractivity (Wildman–Crippen MR) is 60.8 cm³/mol. The van der Waals surface area contributed by atoms with Gasteiger partial charge in [-0.3, -0.25) is 0 Å². The fourth-order valence-corrected chi connectivity index (χ4v) is 1.75. The minimum absolute atomic E-state index is 0.161. The van der Waals surface area contributed by atoms with Crippen molar-refractivity contribution in [2.45, 2.75) is 40.0 Å². The molecule has 1 atom stereocenters. The Labute approximate surface area is 87.4 Å². The first kappa shape index (κ1) is 10.9. The van der Waals surface area contributed by atoms with Gasteiger partial charge in [0.15, 0.2) is 0 Å². The molecule has 14 heavy (non-hydrogen) atoms. The lowest BCUT2D eigenvalue weighted by atomic mass is 9.89. The van der Waals surface area contributed by atoms with Gasteiger partial charge in [0, 0.05) is 5.92 Å². The maximum Gasteiger partial charge on any atom is 0.0462 e. The molecule has 1 aromatic rings. The zero-order chi connectivity index (χ0) is 10.7. The maximum absolute atomic E-state index is 7.27. The molecule has 0 bridgehead atoms. The largest absolute Gasteiger partial charge is 0.0809 e. The molecule has 0 amide bonds. The van der Waals surface area contributed by atoms with Gasteiger partial charge in [0.25, 0.3) is 0 Å². The van der Waals surface area contributed by atoms with E-state index in [1.807, 2.05) is 0 Å². The van der Waals surface area contributed by atoms with Crippen molar-refractivity contribution >= 4 is 0 Å². The van der Waals surface area contributed by atoms with E-state index in [4.69, 9.17) is 6.42 Å². The summed E-state index contributed by atoms with van der Waals surface area (Å²) in [5, 5.41) is 0. The van der Waals surface area contributed by atoms with Crippen molar-refractivity contribution < 1.29 is 0 Å². The summed E-state index contributed by atoms with van der Waals surface area (Å²) < 4.78 is 0. The molecule has 1 radical (unpaired) electrons. The zero-order valence-corrected chi connectivity index (χ0v) is 9.44. The minimum Gasteiger partial charge on any atom is -0.0809 e. The van der Waals surface area contributed by atoms with Gasteiger partial charge in [-0.2, -0.15) is 0 Å². The molecule has 0 saturated heterocycles. The van der Waals surface area contributed by atoms with Crippen LogP contribution in [0.5, 0.6) is 0 Å². The summed E-state index contributed by atoms with van der Waals surface area (Å²) in [5.74, 6) is 2.77. The quantitative estimate of drug-likeness (QED) is 0.616. The average molecular weight is 185 g/mol. The topological polar surface area (TPSA) is 0 Å². The standard InChI is InChI=1S/C14H17/c1-6-13(7-2)14-9-8-10(3)11(4)12(14)5/h8-9,13H,6H2,1,3-5H3. The number of hydrogen-bond acceptors (Lipinski definition) is 0. The van der Waals surface area contributed by atoms with Crippen molar-refractivity contribution in [2.24, 2.45) is 0 Å². The first-order chi connectivity index (χ1) is 6.61. The fourth-order valence-electron chi connectivity index (χ4n) is 1.75. The third-order valence-electron chi connectivity index (χ3n) is 3.06. The molecule has 0 aliphatic heterocycles. The van der Waals surface area contributed by atoms with Crippen molar-refractivity contribution in [3.8, 4) is 5.92 Å². The number of hydrogen-bond donors (Lipinski definition) is 0. The van der Waals surface area contributed by atoms with Crippen LogP contribution in [0, 0.1) is 33.1 Å². The molecule has 0 fully saturated rings. The lowest BCUT2D eigenvalue weighted by Gasteiger charge is -2.15. The SMILES string of the molecule is [C]#CC(CC)c1ccc(C)c(C)c1C. The van der Waals surface area contributed by atoms with Crippen LogP contribution in [0.15, 0.2) is 12.1 Å². The summed E-state index contributed by atoms with van der Waals surface area (Å²) in [6.45, 7) is 8.50. The van der Waals surface area contributed by atoms with E-state index >= 15 is 0 Å². The normalized spacial score (nSPS) is 12.2. The molecule has 0 spiro atoms. The zero-order valence-electron chi connectivity index (χ0n) is 9.44. The van der Waals surface area contributed by atoms with E-state index < -0.39 is 0 Å². The van der Waals surface area contributed by atoms with Gasteiger partial charge in [-0.25, -0.2) is 0 Å². The molecule has 1 rings (SSSR count). The molecule has 73 valence electrons. The highest BCUT2D eigenvalue weighted by Crippen LogP contribution is 2.25. The van der Waals surface area contributed by atoms with E-state index in [0.29, 0.717) is 0 Å². The van der Waals surface area contributed by atoms with Crippen LogP contribution in [0.3, 0.4) is 0 Å². The summed E-state index contributed by atoms with van der Waals surface area (Å²) in [4.78, 5) is 0. The van der Waals surface area contributed by atoms with Crippen molar-refractivity contribution in [3.05, 3.63) is 40.8 Å². The van der Waals surface area contributed by atoms with E-state index in [9.17, 15) is 0 Å². The van der Waals surface area contributed by atoms with Gasteiger partial charge in [0.05, 0.1) is 0 Å². The van der Waals surface area contributed by atoms with E-state index in [0.717, 1.165) is 6.42 Å². The second kappa shape index (κ2) is 4.33. The van der Waals surface area contributed by atoms with Crippen LogP contribution < -0.4 is 0 Å². The van der Waals surface area contributed by atoms with Crippen molar-refractivity contribution in [2.75, 3.05) is 0 Å². The molecule has 0 heteroatoms. The van der Waals surface area contributed by atoms with E-state index in [-0.39, 0.29) is 5.92 Å². The Balaban J connectivity index is 3.24. The molecule has 0 aliphatic carbocycles. The average Bonchev–Trinajstić information content (AvgIpc) is 2.19. The molecule has 0 heterocycles. The van der Waals surface area contributed by atoms with Crippen LogP contribution in [-0.2, 0) is 0 Å². The van der Waals surface area contributed by atoms with Crippen molar-refractivity contribution in [1.82, 2.24) is 0 Å². The molecule has 0 nitrogen and oxygen atoms in total. The molecule has 0 aromatic heterocycles. The smallest absolute Gasteiger partial charge is 0.0462 e. The lowest BCUT2D eigenvalue weighted by Crippen LogP contribution is -2.00. The Bertz CT molecular complexity index is 366. The summed E-state index contributed by atoms with van der Waals surface area (Å²) in [5.41, 5.74) is 5.24. The van der Waals surface area contributed by atoms with Crippen LogP contribution in [0.1, 0.15) is 41.5 Å². The van der Waals surface area contributed by atoms with Gasteiger partial charge in [-0.1, -0.05) is 25.0 Å². The Kier molecular flexibility index (Phi) is 3.36. The minimum atomic E-state index is 0.161. The first-order valence-corrected chi connectivity index (χ1v) is 5.10. The summed E-state index contributed by atoms with van der Waals surface area (Å²) >= 11 is 0.